The number of rotatable bonds is 5. The zero-order chi connectivity index (χ0) is 17.2. The van der Waals surface area contributed by atoms with Crippen LogP contribution in [0.5, 0.6) is 5.75 Å². The quantitative estimate of drug-likeness (QED) is 0.774. The highest BCUT2D eigenvalue weighted by atomic mass is 16.5. The van der Waals surface area contributed by atoms with Crippen LogP contribution in [-0.4, -0.2) is 33.2 Å². The number of aromatic nitrogens is 4. The average molecular weight is 335 g/mol. The number of carbonyl (C=O) groups is 1. The minimum atomic E-state index is -0.0104. The van der Waals surface area contributed by atoms with Gasteiger partial charge in [0.1, 0.15) is 12.1 Å². The second-order valence-electron chi connectivity index (χ2n) is 6.02. The van der Waals surface area contributed by atoms with Gasteiger partial charge in [0.15, 0.2) is 0 Å². The Hall–Kier alpha value is -3.22. The first kappa shape index (κ1) is 15.3. The standard InChI is InChI=1S/C18H17N5O2/c1-25-15-7-2-4-12(8-15)16-10-17(16)18(24)20-13-5-3-6-14(9-13)23-11-19-21-22-23/h2-9,11,16-17H,10H2,1H3,(H,20,24)/t16-,17+/m0/s1. The van der Waals surface area contributed by atoms with Crippen molar-refractivity contribution in [3.05, 3.63) is 60.4 Å². The molecule has 25 heavy (non-hydrogen) atoms. The molecule has 126 valence electrons. The van der Waals surface area contributed by atoms with Gasteiger partial charge < -0.3 is 10.1 Å². The third kappa shape index (κ3) is 3.21. The fourth-order valence-electron chi connectivity index (χ4n) is 2.97. The van der Waals surface area contributed by atoms with Crippen LogP contribution in [0, 0.1) is 5.92 Å². The molecule has 2 aromatic carbocycles. The lowest BCUT2D eigenvalue weighted by Gasteiger charge is -2.07. The predicted molar refractivity (Wildman–Crippen MR) is 91.6 cm³/mol. The van der Waals surface area contributed by atoms with Gasteiger partial charge in [0.05, 0.1) is 12.8 Å². The Labute approximate surface area is 144 Å². The molecule has 1 amide bonds. The maximum atomic E-state index is 12.5. The number of benzene rings is 2. The minimum Gasteiger partial charge on any atom is -0.497 e. The molecule has 7 heteroatoms. The molecule has 2 atom stereocenters. The highest BCUT2D eigenvalue weighted by Gasteiger charge is 2.44. The van der Waals surface area contributed by atoms with E-state index in [-0.39, 0.29) is 17.7 Å². The highest BCUT2D eigenvalue weighted by Crippen LogP contribution is 2.48. The van der Waals surface area contributed by atoms with Crippen molar-refractivity contribution in [3.63, 3.8) is 0 Å². The van der Waals surface area contributed by atoms with Crippen molar-refractivity contribution in [2.24, 2.45) is 5.92 Å². The van der Waals surface area contributed by atoms with Gasteiger partial charge in [-0.05, 0) is 58.7 Å². The molecule has 1 aromatic heterocycles. The molecule has 7 nitrogen and oxygen atoms in total. The van der Waals surface area contributed by atoms with Crippen molar-refractivity contribution < 1.29 is 9.53 Å². The fourth-order valence-corrected chi connectivity index (χ4v) is 2.97. The number of ether oxygens (including phenoxy) is 1. The Kier molecular flexibility index (Phi) is 3.89. The van der Waals surface area contributed by atoms with E-state index < -0.39 is 0 Å². The summed E-state index contributed by atoms with van der Waals surface area (Å²) in [5.74, 6) is 1.08. The minimum absolute atomic E-state index is 0.0104. The van der Waals surface area contributed by atoms with Crippen molar-refractivity contribution in [3.8, 4) is 11.4 Å². The number of nitrogens with zero attached hydrogens (tertiary/aromatic N) is 4. The topological polar surface area (TPSA) is 81.9 Å². The molecule has 1 aliphatic carbocycles. The molecule has 0 aliphatic heterocycles. The molecule has 1 fully saturated rings. The van der Waals surface area contributed by atoms with Gasteiger partial charge in [-0.25, -0.2) is 4.68 Å². The Balaban J connectivity index is 1.44. The van der Waals surface area contributed by atoms with Crippen molar-refractivity contribution in [2.75, 3.05) is 12.4 Å². The van der Waals surface area contributed by atoms with Crippen LogP contribution < -0.4 is 10.1 Å². The molecule has 1 N–H and O–H groups in total. The molecule has 0 saturated heterocycles. The summed E-state index contributed by atoms with van der Waals surface area (Å²) in [5.41, 5.74) is 2.67. The van der Waals surface area contributed by atoms with Gasteiger partial charge in [-0.2, -0.15) is 0 Å². The zero-order valence-corrected chi connectivity index (χ0v) is 13.7. The van der Waals surface area contributed by atoms with E-state index in [2.05, 4.69) is 20.8 Å². The van der Waals surface area contributed by atoms with E-state index in [4.69, 9.17) is 4.74 Å². The molecule has 0 unspecified atom stereocenters. The second kappa shape index (κ2) is 6.35. The van der Waals surface area contributed by atoms with Crippen molar-refractivity contribution >= 4 is 11.6 Å². The number of amides is 1. The summed E-state index contributed by atoms with van der Waals surface area (Å²) in [4.78, 5) is 12.5. The highest BCUT2D eigenvalue weighted by molar-refractivity contribution is 5.95. The molecule has 1 saturated carbocycles. The first-order valence-corrected chi connectivity index (χ1v) is 8.03. The van der Waals surface area contributed by atoms with Gasteiger partial charge in [-0.3, -0.25) is 4.79 Å². The third-order valence-corrected chi connectivity index (χ3v) is 4.38. The maximum Gasteiger partial charge on any atom is 0.228 e. The summed E-state index contributed by atoms with van der Waals surface area (Å²) >= 11 is 0. The number of hydrogen-bond acceptors (Lipinski definition) is 5. The lowest BCUT2D eigenvalue weighted by Crippen LogP contribution is -2.14. The molecule has 4 rings (SSSR count). The molecule has 1 aliphatic rings. The van der Waals surface area contributed by atoms with Crippen molar-refractivity contribution in [2.45, 2.75) is 12.3 Å². The van der Waals surface area contributed by atoms with Crippen LogP contribution in [0.15, 0.2) is 54.9 Å². The number of methoxy groups -OCH3 is 1. The first-order chi connectivity index (χ1) is 12.2. The normalized spacial score (nSPS) is 18.6. The van der Waals surface area contributed by atoms with Crippen LogP contribution in [0.25, 0.3) is 5.69 Å². The lowest BCUT2D eigenvalue weighted by atomic mass is 10.1. The Morgan fingerprint density at radius 2 is 2.12 bits per heavy atom. The Morgan fingerprint density at radius 3 is 2.92 bits per heavy atom. The van der Waals surface area contributed by atoms with Crippen molar-refractivity contribution in [1.29, 1.82) is 0 Å². The SMILES string of the molecule is COc1cccc([C@@H]2C[C@H]2C(=O)Nc2cccc(-n3cnnn3)c2)c1. The zero-order valence-electron chi connectivity index (χ0n) is 13.7. The number of nitrogens with one attached hydrogen (secondary N) is 1. The van der Waals surface area contributed by atoms with Gasteiger partial charge in [0.2, 0.25) is 5.91 Å². The summed E-state index contributed by atoms with van der Waals surface area (Å²) < 4.78 is 6.80. The average Bonchev–Trinajstić information content (AvgIpc) is 3.27. The molecular formula is C18H17N5O2. The van der Waals surface area contributed by atoms with Gasteiger partial charge in [-0.15, -0.1) is 5.10 Å². The van der Waals surface area contributed by atoms with E-state index in [1.807, 2.05) is 48.5 Å². The summed E-state index contributed by atoms with van der Waals surface area (Å²) in [6.07, 6.45) is 2.37. The van der Waals surface area contributed by atoms with E-state index in [1.54, 1.807) is 11.8 Å². The fraction of sp³-hybridized carbons (Fsp3) is 0.222. The molecule has 1 heterocycles. The maximum absolute atomic E-state index is 12.5. The number of anilines is 1. The summed E-state index contributed by atoms with van der Waals surface area (Å²) in [6, 6.07) is 15.3. The van der Waals surface area contributed by atoms with Crippen LogP contribution >= 0.6 is 0 Å². The van der Waals surface area contributed by atoms with E-state index in [0.29, 0.717) is 0 Å². The first-order valence-electron chi connectivity index (χ1n) is 8.03. The van der Waals surface area contributed by atoms with Gasteiger partial charge in [0.25, 0.3) is 0 Å². The van der Waals surface area contributed by atoms with E-state index >= 15 is 0 Å². The molecular weight excluding hydrogens is 318 g/mol. The van der Waals surface area contributed by atoms with Crippen LogP contribution in [0.2, 0.25) is 0 Å². The number of carbonyl (C=O) groups excluding carboxylic acids is 1. The van der Waals surface area contributed by atoms with E-state index in [9.17, 15) is 4.79 Å². The second-order valence-corrected chi connectivity index (χ2v) is 6.02. The van der Waals surface area contributed by atoms with Crippen LogP contribution in [0.1, 0.15) is 17.9 Å². The van der Waals surface area contributed by atoms with Crippen LogP contribution in [-0.2, 0) is 4.79 Å². The number of hydrogen-bond donors (Lipinski definition) is 1. The van der Waals surface area contributed by atoms with E-state index in [1.165, 1.54) is 6.33 Å². The molecule has 0 radical (unpaired) electrons. The van der Waals surface area contributed by atoms with E-state index in [0.717, 1.165) is 29.1 Å². The van der Waals surface area contributed by atoms with Gasteiger partial charge in [0, 0.05) is 11.6 Å². The number of tetrazole rings is 1. The molecule has 0 spiro atoms. The van der Waals surface area contributed by atoms with Gasteiger partial charge >= 0.3 is 0 Å². The van der Waals surface area contributed by atoms with Crippen LogP contribution in [0.4, 0.5) is 5.69 Å². The monoisotopic (exact) mass is 335 g/mol. The third-order valence-electron chi connectivity index (χ3n) is 4.38. The largest absolute Gasteiger partial charge is 0.497 e. The molecule has 0 bridgehead atoms. The smallest absolute Gasteiger partial charge is 0.228 e. The van der Waals surface area contributed by atoms with Gasteiger partial charge in [-0.1, -0.05) is 18.2 Å². The Morgan fingerprint density at radius 1 is 1.24 bits per heavy atom. The van der Waals surface area contributed by atoms with Crippen LogP contribution in [0.3, 0.4) is 0 Å². The van der Waals surface area contributed by atoms with Crippen molar-refractivity contribution in [1.82, 2.24) is 20.2 Å². The predicted octanol–water partition coefficient (Wildman–Crippen LogP) is 2.41. The summed E-state index contributed by atoms with van der Waals surface area (Å²) in [5, 5.41) is 14.1. The summed E-state index contributed by atoms with van der Waals surface area (Å²) in [6.45, 7) is 0. The Bertz CT molecular complexity index is 894. The molecule has 3 aromatic rings. The lowest BCUT2D eigenvalue weighted by molar-refractivity contribution is -0.117. The summed E-state index contributed by atoms with van der Waals surface area (Å²) in [7, 11) is 1.65.